The zero-order chi connectivity index (χ0) is 16.1. The van der Waals surface area contributed by atoms with Crippen LogP contribution in [0.5, 0.6) is 0 Å². The Morgan fingerprint density at radius 2 is 2.22 bits per heavy atom. The van der Waals surface area contributed by atoms with Crippen LogP contribution in [0.1, 0.15) is 36.6 Å². The highest BCUT2D eigenvalue weighted by molar-refractivity contribution is 5.47. The first-order chi connectivity index (χ1) is 11.2. The lowest BCUT2D eigenvalue weighted by atomic mass is 10.1. The highest BCUT2D eigenvalue weighted by Gasteiger charge is 2.11. The van der Waals surface area contributed by atoms with Crippen LogP contribution in [-0.2, 0) is 6.42 Å². The molecule has 0 unspecified atom stereocenters. The van der Waals surface area contributed by atoms with E-state index in [1.807, 2.05) is 6.07 Å². The van der Waals surface area contributed by atoms with Gasteiger partial charge >= 0.3 is 0 Å². The van der Waals surface area contributed by atoms with Crippen LogP contribution in [0.25, 0.3) is 0 Å². The fourth-order valence-electron chi connectivity index (χ4n) is 2.49. The third-order valence-corrected chi connectivity index (χ3v) is 3.75. The maximum Gasteiger partial charge on any atom is 0.222 e. The Morgan fingerprint density at radius 3 is 3.00 bits per heavy atom. The van der Waals surface area contributed by atoms with Gasteiger partial charge in [-0.2, -0.15) is 5.26 Å². The van der Waals surface area contributed by atoms with Crippen molar-refractivity contribution in [2.24, 2.45) is 0 Å². The van der Waals surface area contributed by atoms with Gasteiger partial charge in [0.25, 0.3) is 0 Å². The van der Waals surface area contributed by atoms with Crippen molar-refractivity contribution in [2.75, 3.05) is 17.2 Å². The minimum Gasteiger partial charge on any atom is -0.370 e. The summed E-state index contributed by atoms with van der Waals surface area (Å²) in [5, 5.41) is 15.3. The summed E-state index contributed by atoms with van der Waals surface area (Å²) in [7, 11) is 0. The van der Waals surface area contributed by atoms with E-state index < -0.39 is 0 Å². The molecule has 0 spiro atoms. The molecule has 1 radical (unpaired) electrons. The van der Waals surface area contributed by atoms with Gasteiger partial charge in [0.05, 0.1) is 18.0 Å². The molecule has 2 N–H and O–H groups in total. The number of pyridine rings is 1. The van der Waals surface area contributed by atoms with Crippen molar-refractivity contribution in [3.8, 4) is 6.07 Å². The van der Waals surface area contributed by atoms with Crippen LogP contribution in [-0.4, -0.2) is 27.5 Å². The van der Waals surface area contributed by atoms with Crippen LogP contribution in [0.15, 0.2) is 24.5 Å². The summed E-state index contributed by atoms with van der Waals surface area (Å²) in [5.74, 6) is 1.55. The topological polar surface area (TPSA) is 86.5 Å². The maximum absolute atomic E-state index is 8.74. The van der Waals surface area contributed by atoms with Crippen molar-refractivity contribution in [2.45, 2.75) is 32.2 Å². The van der Waals surface area contributed by atoms with Gasteiger partial charge in [0.2, 0.25) is 5.95 Å². The molecule has 0 amide bonds. The molecular weight excluding hydrogens is 288 g/mol. The third-order valence-electron chi connectivity index (χ3n) is 3.75. The monoisotopic (exact) mass is 307 g/mol. The van der Waals surface area contributed by atoms with Crippen LogP contribution in [0.4, 0.5) is 11.8 Å². The largest absolute Gasteiger partial charge is 0.370 e. The molecule has 0 aliphatic carbocycles. The smallest absolute Gasteiger partial charge is 0.222 e. The Balaban J connectivity index is 1.54. The summed E-state index contributed by atoms with van der Waals surface area (Å²) < 4.78 is 0. The lowest BCUT2D eigenvalue weighted by Crippen LogP contribution is -2.18. The summed E-state index contributed by atoms with van der Waals surface area (Å²) in [6.07, 6.45) is 8.23. The van der Waals surface area contributed by atoms with Gasteiger partial charge in [-0.1, -0.05) is 6.07 Å². The second kappa shape index (κ2) is 7.05. The summed E-state index contributed by atoms with van der Waals surface area (Å²) in [4.78, 5) is 12.9. The molecule has 1 aliphatic rings. The Hall–Kier alpha value is -2.68. The molecule has 117 valence electrons. The first-order valence-electron chi connectivity index (χ1n) is 7.80. The number of nitrogens with zero attached hydrogens (tertiary/aromatic N) is 4. The van der Waals surface area contributed by atoms with Gasteiger partial charge < -0.3 is 10.6 Å². The predicted molar refractivity (Wildman–Crippen MR) is 88.9 cm³/mol. The van der Waals surface area contributed by atoms with Gasteiger partial charge in [-0.25, -0.2) is 15.0 Å². The summed E-state index contributed by atoms with van der Waals surface area (Å²) in [6, 6.07) is 6.40. The molecule has 0 saturated heterocycles. The lowest BCUT2D eigenvalue weighted by molar-refractivity contribution is 0.764. The molecule has 3 rings (SSSR count). The molecule has 0 bridgehead atoms. The lowest BCUT2D eigenvalue weighted by Gasteiger charge is -2.18. The molecule has 6 heteroatoms. The van der Waals surface area contributed by atoms with Crippen molar-refractivity contribution < 1.29 is 0 Å². The van der Waals surface area contributed by atoms with Crippen molar-refractivity contribution in [3.63, 3.8) is 0 Å². The van der Waals surface area contributed by atoms with E-state index in [4.69, 9.17) is 5.26 Å². The summed E-state index contributed by atoms with van der Waals surface area (Å²) in [6.45, 7) is 3.06. The van der Waals surface area contributed by atoms with Crippen molar-refractivity contribution in [1.82, 2.24) is 15.0 Å². The van der Waals surface area contributed by atoms with Crippen molar-refractivity contribution in [3.05, 3.63) is 47.8 Å². The average Bonchev–Trinajstić information content (AvgIpc) is 2.60. The fourth-order valence-corrected chi connectivity index (χ4v) is 2.49. The predicted octanol–water partition coefficient (Wildman–Crippen LogP) is 2.54. The average molecular weight is 307 g/mol. The van der Waals surface area contributed by atoms with Gasteiger partial charge in [0.15, 0.2) is 0 Å². The second-order valence-corrected chi connectivity index (χ2v) is 5.67. The van der Waals surface area contributed by atoms with Gasteiger partial charge in [0, 0.05) is 24.7 Å². The number of fused-ring (bicyclic) bond motifs is 1. The molecule has 1 atom stereocenters. The fraction of sp³-hybridized carbons (Fsp3) is 0.353. The highest BCUT2D eigenvalue weighted by Crippen LogP contribution is 2.21. The number of nitrogens with one attached hydrogen (secondary N) is 2. The zero-order valence-corrected chi connectivity index (χ0v) is 13.1. The third kappa shape index (κ3) is 3.95. The number of hydrogen-bond acceptors (Lipinski definition) is 6. The zero-order valence-electron chi connectivity index (χ0n) is 13.1. The molecule has 6 nitrogen and oxygen atoms in total. The molecule has 2 aromatic rings. The van der Waals surface area contributed by atoms with Crippen LogP contribution in [0.2, 0.25) is 0 Å². The van der Waals surface area contributed by atoms with Gasteiger partial charge in [0.1, 0.15) is 11.9 Å². The number of aromatic nitrogens is 3. The van der Waals surface area contributed by atoms with Gasteiger partial charge in [-0.3, -0.25) is 0 Å². The molecular formula is C17H19N6. The molecule has 0 aromatic carbocycles. The number of hydrogen-bond donors (Lipinski definition) is 2. The number of rotatable bonds is 5. The highest BCUT2D eigenvalue weighted by atomic mass is 15.1. The molecule has 3 heterocycles. The maximum atomic E-state index is 8.74. The van der Waals surface area contributed by atoms with Crippen molar-refractivity contribution >= 4 is 11.8 Å². The van der Waals surface area contributed by atoms with Crippen LogP contribution < -0.4 is 10.6 Å². The van der Waals surface area contributed by atoms with Crippen molar-refractivity contribution in [1.29, 1.82) is 5.26 Å². The minimum atomic E-state index is 0.175. The van der Waals surface area contributed by atoms with E-state index in [0.29, 0.717) is 11.5 Å². The van der Waals surface area contributed by atoms with Gasteiger partial charge in [-0.15, -0.1) is 0 Å². The molecule has 0 saturated carbocycles. The summed E-state index contributed by atoms with van der Waals surface area (Å²) >= 11 is 0. The Kier molecular flexibility index (Phi) is 4.67. The Morgan fingerprint density at radius 1 is 1.39 bits per heavy atom. The van der Waals surface area contributed by atoms with E-state index in [1.54, 1.807) is 0 Å². The first-order valence-corrected chi connectivity index (χ1v) is 7.80. The van der Waals surface area contributed by atoms with E-state index in [9.17, 15) is 0 Å². The van der Waals surface area contributed by atoms with Crippen LogP contribution in [0, 0.1) is 17.8 Å². The molecule has 2 aromatic heterocycles. The second-order valence-electron chi connectivity index (χ2n) is 5.67. The van der Waals surface area contributed by atoms with Gasteiger partial charge in [-0.05, 0) is 37.8 Å². The first kappa shape index (κ1) is 15.2. The number of aryl methyl sites for hydroxylation is 1. The van der Waals surface area contributed by atoms with Crippen LogP contribution in [0.3, 0.4) is 0 Å². The van der Waals surface area contributed by atoms with E-state index in [1.165, 1.54) is 24.4 Å². The number of nitriles is 1. The van der Waals surface area contributed by atoms with E-state index in [-0.39, 0.29) is 6.04 Å². The Labute approximate surface area is 136 Å². The Bertz CT molecular complexity index is 704. The minimum absolute atomic E-state index is 0.175. The standard InChI is InChI=1S/C17H19N6/c1-12(22-17-20-10-13(9-18)11-21-17)4-6-15-7-5-14-3-2-8-19-16(14)23-15/h5-7,10-12H,2-4,8H2,1H3,(H,19,23)(H,20,21,22)/t12-/m0/s1. The molecule has 0 fully saturated rings. The van der Waals surface area contributed by atoms with E-state index in [2.05, 4.69) is 51.1 Å². The summed E-state index contributed by atoms with van der Waals surface area (Å²) in [5.41, 5.74) is 2.73. The quantitative estimate of drug-likeness (QED) is 0.883. The molecule has 1 aliphatic heterocycles. The SMILES string of the molecule is C[C@@H](C[CH]c1ccc2c(n1)NCCC2)Nc1ncc(C#N)cn1. The van der Waals surface area contributed by atoms with E-state index >= 15 is 0 Å². The number of anilines is 2. The van der Waals surface area contributed by atoms with E-state index in [0.717, 1.165) is 30.9 Å². The molecule has 23 heavy (non-hydrogen) atoms. The normalized spacial score (nSPS) is 14.3. The van der Waals surface area contributed by atoms with Crippen LogP contribution >= 0.6 is 0 Å².